The first-order valence-electron chi connectivity index (χ1n) is 10.1. The predicted molar refractivity (Wildman–Crippen MR) is 116 cm³/mol. The highest BCUT2D eigenvalue weighted by molar-refractivity contribution is 7.91. The molecule has 1 saturated heterocycles. The minimum absolute atomic E-state index is 0.0174. The Morgan fingerprint density at radius 3 is 2.45 bits per heavy atom. The summed E-state index contributed by atoms with van der Waals surface area (Å²) in [6.45, 7) is 0.200. The summed E-state index contributed by atoms with van der Waals surface area (Å²) in [6, 6.07) is 8.05. The summed E-state index contributed by atoms with van der Waals surface area (Å²) >= 11 is 5.85. The molecule has 1 atom stereocenters. The number of hydrogen-bond acceptors (Lipinski definition) is 6. The van der Waals surface area contributed by atoms with Gasteiger partial charge in [0.2, 0.25) is 11.2 Å². The number of ether oxygens (including phenoxy) is 1. The number of rotatable bonds is 2. The SMILES string of the molecule is O=c1c(-c2ccc(Cl)cc2)c(C(F)(F)F)oc2c3c(ccc12)OCN([C@@H]1CCS(=O)(=O)C1)C3. The summed E-state index contributed by atoms with van der Waals surface area (Å²) in [6.07, 6.45) is -4.52. The summed E-state index contributed by atoms with van der Waals surface area (Å²) in [5.74, 6) is -1.10. The van der Waals surface area contributed by atoms with Gasteiger partial charge in [-0.25, -0.2) is 8.42 Å². The van der Waals surface area contributed by atoms with Gasteiger partial charge in [0.05, 0.1) is 28.0 Å². The number of nitrogens with zero attached hydrogens (tertiary/aromatic N) is 1. The minimum atomic E-state index is -4.93. The van der Waals surface area contributed by atoms with E-state index in [0.717, 1.165) is 0 Å². The van der Waals surface area contributed by atoms with Gasteiger partial charge >= 0.3 is 6.18 Å². The van der Waals surface area contributed by atoms with E-state index < -0.39 is 32.8 Å². The van der Waals surface area contributed by atoms with Crippen LogP contribution in [0.3, 0.4) is 0 Å². The lowest BCUT2D eigenvalue weighted by Gasteiger charge is -2.33. The van der Waals surface area contributed by atoms with E-state index in [1.165, 1.54) is 36.4 Å². The molecule has 0 radical (unpaired) electrons. The maximum absolute atomic E-state index is 14.0. The molecule has 2 aromatic carbocycles. The second-order valence-electron chi connectivity index (χ2n) is 8.14. The van der Waals surface area contributed by atoms with E-state index in [9.17, 15) is 26.4 Å². The normalized spacial score (nSPS) is 20.5. The Bertz CT molecular complexity index is 1420. The molecule has 1 aromatic heterocycles. The van der Waals surface area contributed by atoms with Crippen LogP contribution in [0.1, 0.15) is 17.7 Å². The zero-order valence-corrected chi connectivity index (χ0v) is 18.6. The Labute approximate surface area is 191 Å². The maximum atomic E-state index is 14.0. The van der Waals surface area contributed by atoms with Crippen LogP contribution < -0.4 is 10.2 Å². The maximum Gasteiger partial charge on any atom is 0.450 e. The van der Waals surface area contributed by atoms with E-state index >= 15 is 0 Å². The molecule has 2 aliphatic rings. The molecule has 0 bridgehead atoms. The van der Waals surface area contributed by atoms with Crippen molar-refractivity contribution in [1.29, 1.82) is 0 Å². The minimum Gasteiger partial charge on any atom is -0.478 e. The summed E-state index contributed by atoms with van der Waals surface area (Å²) in [5, 5.41) is 0.300. The van der Waals surface area contributed by atoms with Crippen molar-refractivity contribution in [1.82, 2.24) is 4.90 Å². The number of fused-ring (bicyclic) bond motifs is 3. The molecule has 0 aliphatic carbocycles. The van der Waals surface area contributed by atoms with Crippen molar-refractivity contribution >= 4 is 32.4 Å². The van der Waals surface area contributed by atoms with Crippen molar-refractivity contribution < 1.29 is 30.7 Å². The fraction of sp³-hybridized carbons (Fsp3) is 0.318. The van der Waals surface area contributed by atoms with E-state index in [4.69, 9.17) is 20.8 Å². The summed E-state index contributed by atoms with van der Waals surface area (Å²) < 4.78 is 76.8. The average molecular weight is 500 g/mol. The molecule has 1 fully saturated rings. The van der Waals surface area contributed by atoms with E-state index in [0.29, 0.717) is 17.2 Å². The lowest BCUT2D eigenvalue weighted by molar-refractivity contribution is -0.152. The molecule has 5 rings (SSSR count). The highest BCUT2D eigenvalue weighted by Crippen LogP contribution is 2.40. The van der Waals surface area contributed by atoms with Crippen molar-refractivity contribution in [2.45, 2.75) is 25.2 Å². The van der Waals surface area contributed by atoms with E-state index in [1.54, 1.807) is 4.90 Å². The Morgan fingerprint density at radius 1 is 1.09 bits per heavy atom. The van der Waals surface area contributed by atoms with E-state index in [2.05, 4.69) is 0 Å². The Hall–Kier alpha value is -2.56. The summed E-state index contributed by atoms with van der Waals surface area (Å²) in [7, 11) is -3.17. The standard InChI is InChI=1S/C22H17ClF3NO5S/c23-13-3-1-12(2-4-13)18-19(28)15-5-6-17-16(20(15)32-21(18)22(24,25)26)9-27(11-31-17)14-7-8-33(29,30)10-14/h1-6,14H,7-11H2/t14-/m1/s1. The molecule has 3 heterocycles. The molecule has 33 heavy (non-hydrogen) atoms. The van der Waals surface area contributed by atoms with Crippen LogP contribution in [0.15, 0.2) is 45.6 Å². The van der Waals surface area contributed by atoms with Gasteiger partial charge in [0.1, 0.15) is 18.1 Å². The molecule has 0 spiro atoms. The predicted octanol–water partition coefficient (Wildman–Crippen LogP) is 4.47. The van der Waals surface area contributed by atoms with E-state index in [1.807, 2.05) is 0 Å². The molecule has 3 aromatic rings. The number of benzene rings is 2. The zero-order valence-electron chi connectivity index (χ0n) is 17.0. The molecule has 174 valence electrons. The van der Waals surface area contributed by atoms with Crippen molar-refractivity contribution in [2.24, 2.45) is 0 Å². The van der Waals surface area contributed by atoms with Crippen LogP contribution in [-0.2, 0) is 22.6 Å². The van der Waals surface area contributed by atoms with Crippen LogP contribution >= 0.6 is 11.6 Å². The van der Waals surface area contributed by atoms with Gasteiger partial charge in [-0.2, -0.15) is 13.2 Å². The van der Waals surface area contributed by atoms with Crippen LogP contribution in [0.5, 0.6) is 5.75 Å². The first-order valence-corrected chi connectivity index (χ1v) is 12.3. The molecule has 11 heteroatoms. The third kappa shape index (κ3) is 4.00. The van der Waals surface area contributed by atoms with Gasteiger partial charge in [0.25, 0.3) is 0 Å². The molecular formula is C22H17ClF3NO5S. The molecule has 2 aliphatic heterocycles. The van der Waals surface area contributed by atoms with Crippen LogP contribution in [0.2, 0.25) is 5.02 Å². The largest absolute Gasteiger partial charge is 0.478 e. The fourth-order valence-electron chi connectivity index (χ4n) is 4.36. The smallest absolute Gasteiger partial charge is 0.450 e. The molecule has 6 nitrogen and oxygen atoms in total. The van der Waals surface area contributed by atoms with Gasteiger partial charge in [-0.1, -0.05) is 23.7 Å². The van der Waals surface area contributed by atoms with Crippen LogP contribution in [0.25, 0.3) is 22.1 Å². The van der Waals surface area contributed by atoms with E-state index in [-0.39, 0.29) is 52.9 Å². The second kappa shape index (κ2) is 7.75. The Kier molecular flexibility index (Phi) is 5.22. The first kappa shape index (κ1) is 22.2. The molecule has 0 unspecified atom stereocenters. The highest BCUT2D eigenvalue weighted by atomic mass is 35.5. The number of halogens is 4. The average Bonchev–Trinajstić information content (AvgIpc) is 3.13. The monoisotopic (exact) mass is 499 g/mol. The third-order valence-electron chi connectivity index (χ3n) is 5.98. The second-order valence-corrected chi connectivity index (χ2v) is 10.8. The lowest BCUT2D eigenvalue weighted by atomic mass is 9.99. The molecule has 0 N–H and O–H groups in total. The number of hydrogen-bond donors (Lipinski definition) is 0. The topological polar surface area (TPSA) is 76.8 Å². The highest BCUT2D eigenvalue weighted by Gasteiger charge is 2.41. The van der Waals surface area contributed by atoms with Gasteiger partial charge < -0.3 is 9.15 Å². The van der Waals surface area contributed by atoms with Gasteiger partial charge in [0, 0.05) is 17.6 Å². The quantitative estimate of drug-likeness (QED) is 0.518. The van der Waals surface area contributed by atoms with Gasteiger partial charge in [-0.3, -0.25) is 9.69 Å². The molecule has 0 amide bonds. The first-order chi connectivity index (χ1) is 15.5. The van der Waals surface area contributed by atoms with Crippen LogP contribution in [0, 0.1) is 0 Å². The Balaban J connectivity index is 1.68. The van der Waals surface area contributed by atoms with Gasteiger partial charge in [-0.15, -0.1) is 0 Å². The van der Waals surface area contributed by atoms with Gasteiger partial charge in [-0.05, 0) is 36.2 Å². The van der Waals surface area contributed by atoms with Crippen molar-refractivity contribution in [3.05, 3.63) is 63.0 Å². The Morgan fingerprint density at radius 2 is 1.82 bits per heavy atom. The van der Waals surface area contributed by atoms with Gasteiger partial charge in [0.15, 0.2) is 9.84 Å². The fourth-order valence-corrected chi connectivity index (χ4v) is 6.25. The lowest BCUT2D eigenvalue weighted by Crippen LogP contribution is -2.41. The van der Waals surface area contributed by atoms with Crippen molar-refractivity contribution in [3.63, 3.8) is 0 Å². The number of sulfone groups is 1. The number of alkyl halides is 3. The summed E-state index contributed by atoms with van der Waals surface area (Å²) in [5.41, 5.74) is -1.31. The van der Waals surface area contributed by atoms with Crippen molar-refractivity contribution in [3.8, 4) is 16.9 Å². The zero-order chi connectivity index (χ0) is 23.5. The van der Waals surface area contributed by atoms with Crippen molar-refractivity contribution in [2.75, 3.05) is 18.2 Å². The third-order valence-corrected chi connectivity index (χ3v) is 7.98. The molecular weight excluding hydrogens is 483 g/mol. The molecule has 0 saturated carbocycles. The summed E-state index contributed by atoms with van der Waals surface area (Å²) in [4.78, 5) is 15.0. The van der Waals surface area contributed by atoms with Crippen LogP contribution in [0.4, 0.5) is 13.2 Å². The van der Waals surface area contributed by atoms with Crippen LogP contribution in [-0.4, -0.2) is 37.6 Å².